The lowest BCUT2D eigenvalue weighted by molar-refractivity contribution is 0.861. The highest BCUT2D eigenvalue weighted by Crippen LogP contribution is 2.40. The van der Waals surface area contributed by atoms with Gasteiger partial charge in [-0.3, -0.25) is 4.79 Å². The van der Waals surface area contributed by atoms with Crippen molar-refractivity contribution < 1.29 is 0 Å². The van der Waals surface area contributed by atoms with Crippen molar-refractivity contribution in [2.24, 2.45) is 0 Å². The lowest BCUT2D eigenvalue weighted by atomic mass is 10.1. The Bertz CT molecular complexity index is 672. The minimum atomic E-state index is -0.107. The van der Waals surface area contributed by atoms with E-state index in [1.54, 1.807) is 0 Å². The molecule has 1 heterocycles. The molecule has 0 aliphatic heterocycles. The largest absolute Gasteiger partial charge is 0.306 e. The molecule has 4 heteroatoms. The third-order valence-electron chi connectivity index (χ3n) is 3.65. The molecule has 104 valence electrons. The van der Waals surface area contributed by atoms with Crippen LogP contribution in [0.25, 0.3) is 11.4 Å². The molecular formula is C16H17BrN2O. The molecule has 3 nitrogen and oxygen atoms in total. The first-order valence-corrected chi connectivity index (χ1v) is 7.87. The van der Waals surface area contributed by atoms with Gasteiger partial charge in [0.05, 0.1) is 5.69 Å². The molecule has 0 amide bonds. The summed E-state index contributed by atoms with van der Waals surface area (Å²) in [4.78, 5) is 19.4. The molecule has 3 rings (SSSR count). The normalized spacial score (nSPS) is 14.5. The lowest BCUT2D eigenvalue weighted by Crippen LogP contribution is -2.13. The Morgan fingerprint density at radius 3 is 2.60 bits per heavy atom. The predicted octanol–water partition coefficient (Wildman–Crippen LogP) is 4.03. The molecule has 1 aliphatic carbocycles. The fourth-order valence-corrected chi connectivity index (χ4v) is 2.76. The number of H-pyrrole nitrogens is 1. The summed E-state index contributed by atoms with van der Waals surface area (Å²) >= 11 is 3.32. The van der Waals surface area contributed by atoms with E-state index in [2.05, 4.69) is 57.1 Å². The second-order valence-corrected chi connectivity index (χ2v) is 6.11. The van der Waals surface area contributed by atoms with Crippen LogP contribution in [0.2, 0.25) is 0 Å². The smallest absolute Gasteiger partial charge is 0.265 e. The van der Waals surface area contributed by atoms with E-state index in [1.165, 1.54) is 18.4 Å². The Kier molecular flexibility index (Phi) is 3.74. The second-order valence-electron chi connectivity index (χ2n) is 5.32. The SMILES string of the molecule is CCCc1nc(-c2ccc(C3CC3)cc2)[nH]c(=O)c1Br. The van der Waals surface area contributed by atoms with E-state index in [9.17, 15) is 4.79 Å². The van der Waals surface area contributed by atoms with Crippen molar-refractivity contribution in [2.45, 2.75) is 38.5 Å². The molecule has 1 N–H and O–H groups in total. The van der Waals surface area contributed by atoms with E-state index >= 15 is 0 Å². The number of nitrogens with one attached hydrogen (secondary N) is 1. The van der Waals surface area contributed by atoms with Gasteiger partial charge in [-0.25, -0.2) is 4.98 Å². The molecule has 0 spiro atoms. The summed E-state index contributed by atoms with van der Waals surface area (Å²) in [6, 6.07) is 8.40. The third-order valence-corrected chi connectivity index (χ3v) is 4.47. The number of aromatic amines is 1. The molecule has 1 aromatic heterocycles. The highest BCUT2D eigenvalue weighted by atomic mass is 79.9. The minimum Gasteiger partial charge on any atom is -0.306 e. The van der Waals surface area contributed by atoms with E-state index in [1.807, 2.05) is 0 Å². The number of halogens is 1. The van der Waals surface area contributed by atoms with E-state index < -0.39 is 0 Å². The molecule has 0 unspecified atom stereocenters. The monoisotopic (exact) mass is 332 g/mol. The maximum Gasteiger partial charge on any atom is 0.265 e. The van der Waals surface area contributed by atoms with Crippen LogP contribution in [-0.2, 0) is 6.42 Å². The second kappa shape index (κ2) is 5.52. The van der Waals surface area contributed by atoms with Gasteiger partial charge in [-0.05, 0) is 46.7 Å². The maximum absolute atomic E-state index is 12.0. The average Bonchev–Trinajstić information content (AvgIpc) is 3.29. The lowest BCUT2D eigenvalue weighted by Gasteiger charge is -2.07. The van der Waals surface area contributed by atoms with Gasteiger partial charge in [-0.15, -0.1) is 0 Å². The highest BCUT2D eigenvalue weighted by Gasteiger charge is 2.23. The van der Waals surface area contributed by atoms with Crippen LogP contribution in [0.1, 0.15) is 43.4 Å². The summed E-state index contributed by atoms with van der Waals surface area (Å²) < 4.78 is 0.553. The van der Waals surface area contributed by atoms with Gasteiger partial charge in [0, 0.05) is 5.56 Å². The van der Waals surface area contributed by atoms with Gasteiger partial charge in [-0.2, -0.15) is 0 Å². The topological polar surface area (TPSA) is 45.8 Å². The Balaban J connectivity index is 1.98. The van der Waals surface area contributed by atoms with E-state index in [4.69, 9.17) is 0 Å². The zero-order valence-corrected chi connectivity index (χ0v) is 13.0. The summed E-state index contributed by atoms with van der Waals surface area (Å²) in [5, 5.41) is 0. The van der Waals surface area contributed by atoms with Gasteiger partial charge >= 0.3 is 0 Å². The van der Waals surface area contributed by atoms with Gasteiger partial charge in [0.2, 0.25) is 0 Å². The molecule has 0 saturated heterocycles. The molecule has 1 saturated carbocycles. The Labute approximate surface area is 126 Å². The van der Waals surface area contributed by atoms with Crippen molar-refractivity contribution in [3.8, 4) is 11.4 Å². The highest BCUT2D eigenvalue weighted by molar-refractivity contribution is 9.10. The van der Waals surface area contributed by atoms with Crippen LogP contribution >= 0.6 is 15.9 Å². The quantitative estimate of drug-likeness (QED) is 0.918. The zero-order valence-electron chi connectivity index (χ0n) is 11.4. The van der Waals surface area contributed by atoms with Crippen molar-refractivity contribution in [2.75, 3.05) is 0 Å². The van der Waals surface area contributed by atoms with Crippen LogP contribution < -0.4 is 5.56 Å². The number of aryl methyl sites for hydroxylation is 1. The number of rotatable bonds is 4. The van der Waals surface area contributed by atoms with Crippen LogP contribution in [0.5, 0.6) is 0 Å². The first kappa shape index (κ1) is 13.6. The maximum atomic E-state index is 12.0. The van der Waals surface area contributed by atoms with Crippen LogP contribution in [0, 0.1) is 0 Å². The number of hydrogen-bond acceptors (Lipinski definition) is 2. The molecule has 1 aliphatic rings. The van der Waals surface area contributed by atoms with Crippen molar-refractivity contribution in [3.05, 3.63) is 50.3 Å². The number of benzene rings is 1. The summed E-state index contributed by atoms with van der Waals surface area (Å²) in [6.45, 7) is 2.08. The fraction of sp³-hybridized carbons (Fsp3) is 0.375. The van der Waals surface area contributed by atoms with Crippen LogP contribution in [-0.4, -0.2) is 9.97 Å². The molecule has 1 fully saturated rings. The Morgan fingerprint density at radius 2 is 2.00 bits per heavy atom. The number of nitrogens with zero attached hydrogens (tertiary/aromatic N) is 1. The van der Waals surface area contributed by atoms with Gasteiger partial charge in [0.25, 0.3) is 5.56 Å². The van der Waals surface area contributed by atoms with Gasteiger partial charge in [0.15, 0.2) is 0 Å². The van der Waals surface area contributed by atoms with Crippen molar-refractivity contribution >= 4 is 15.9 Å². The molecule has 2 aromatic rings. The van der Waals surface area contributed by atoms with E-state index in [-0.39, 0.29) is 5.56 Å². The number of hydrogen-bond donors (Lipinski definition) is 1. The molecular weight excluding hydrogens is 316 g/mol. The summed E-state index contributed by atoms with van der Waals surface area (Å²) in [6.07, 6.45) is 4.37. The average molecular weight is 333 g/mol. The summed E-state index contributed by atoms with van der Waals surface area (Å²) in [5.74, 6) is 1.40. The first-order valence-electron chi connectivity index (χ1n) is 7.08. The van der Waals surface area contributed by atoms with Crippen LogP contribution in [0.15, 0.2) is 33.5 Å². The fourth-order valence-electron chi connectivity index (χ4n) is 2.37. The summed E-state index contributed by atoms with van der Waals surface area (Å²) in [7, 11) is 0. The Morgan fingerprint density at radius 1 is 1.30 bits per heavy atom. The van der Waals surface area contributed by atoms with Crippen molar-refractivity contribution in [1.82, 2.24) is 9.97 Å². The number of aromatic nitrogens is 2. The molecule has 1 aromatic carbocycles. The van der Waals surface area contributed by atoms with E-state index in [0.717, 1.165) is 30.0 Å². The molecule has 0 bridgehead atoms. The van der Waals surface area contributed by atoms with E-state index in [0.29, 0.717) is 10.3 Å². The molecule has 0 radical (unpaired) electrons. The van der Waals surface area contributed by atoms with Crippen LogP contribution in [0.3, 0.4) is 0 Å². The first-order chi connectivity index (χ1) is 9.69. The van der Waals surface area contributed by atoms with Crippen molar-refractivity contribution in [3.63, 3.8) is 0 Å². The summed E-state index contributed by atoms with van der Waals surface area (Å²) in [5.41, 5.74) is 3.08. The Hall–Kier alpha value is -1.42. The van der Waals surface area contributed by atoms with Gasteiger partial charge < -0.3 is 4.98 Å². The zero-order chi connectivity index (χ0) is 14.1. The third kappa shape index (κ3) is 2.70. The van der Waals surface area contributed by atoms with Gasteiger partial charge in [0.1, 0.15) is 10.3 Å². The molecule has 20 heavy (non-hydrogen) atoms. The van der Waals surface area contributed by atoms with Crippen LogP contribution in [0.4, 0.5) is 0 Å². The standard InChI is InChI=1S/C16H17BrN2O/c1-2-3-13-14(17)16(20)19-15(18-13)12-8-6-11(7-9-12)10-4-5-10/h6-10H,2-5H2,1H3,(H,18,19,20). The molecule has 0 atom stereocenters. The minimum absolute atomic E-state index is 0.107. The predicted molar refractivity (Wildman–Crippen MR) is 84.0 cm³/mol. The van der Waals surface area contributed by atoms with Gasteiger partial charge in [-0.1, -0.05) is 37.6 Å². The van der Waals surface area contributed by atoms with Crippen molar-refractivity contribution in [1.29, 1.82) is 0 Å².